The van der Waals surface area contributed by atoms with E-state index in [1.54, 1.807) is 4.57 Å². The minimum absolute atomic E-state index is 0.0978. The molecule has 0 aliphatic rings. The van der Waals surface area contributed by atoms with Crippen molar-refractivity contribution in [2.45, 2.75) is 20.4 Å². The predicted molar refractivity (Wildman–Crippen MR) is 48.8 cm³/mol. The number of alkyl halides is 1. The van der Waals surface area contributed by atoms with Crippen molar-refractivity contribution in [3.05, 3.63) is 20.2 Å². The molecule has 0 amide bonds. The van der Waals surface area contributed by atoms with Crippen molar-refractivity contribution < 1.29 is 0 Å². The van der Waals surface area contributed by atoms with Gasteiger partial charge in [0.15, 0.2) is 0 Å². The lowest BCUT2D eigenvalue weighted by atomic mass is 10.4. The lowest BCUT2D eigenvalue weighted by molar-refractivity contribution is 0.725. The van der Waals surface area contributed by atoms with E-state index in [9.17, 15) is 4.79 Å². The Bertz CT molecular complexity index is 302. The summed E-state index contributed by atoms with van der Waals surface area (Å²) in [6.07, 6.45) is 0. The number of halogens is 1. The van der Waals surface area contributed by atoms with E-state index in [1.165, 1.54) is 11.3 Å². The van der Waals surface area contributed by atoms with E-state index in [4.69, 9.17) is 11.6 Å². The second-order valence-corrected chi connectivity index (χ2v) is 3.89. The Labute approximate surface area is 74.4 Å². The number of aryl methyl sites for hydroxylation is 1. The van der Waals surface area contributed by atoms with Crippen molar-refractivity contribution in [1.82, 2.24) is 4.57 Å². The third kappa shape index (κ3) is 1.65. The van der Waals surface area contributed by atoms with E-state index in [0.717, 1.165) is 10.6 Å². The van der Waals surface area contributed by atoms with Gasteiger partial charge in [0, 0.05) is 23.0 Å². The van der Waals surface area contributed by atoms with E-state index in [1.807, 2.05) is 13.8 Å². The molecule has 11 heavy (non-hydrogen) atoms. The predicted octanol–water partition coefficient (Wildman–Crippen LogP) is 1.77. The maximum atomic E-state index is 11.2. The summed E-state index contributed by atoms with van der Waals surface area (Å²) in [5.74, 6) is 0.497. The van der Waals surface area contributed by atoms with Crippen LogP contribution in [0.3, 0.4) is 0 Å². The fourth-order valence-electron chi connectivity index (χ4n) is 0.930. The van der Waals surface area contributed by atoms with Crippen LogP contribution in [0.5, 0.6) is 0 Å². The molecule has 0 bridgehead atoms. The second kappa shape index (κ2) is 3.41. The highest BCUT2D eigenvalue weighted by Crippen LogP contribution is 2.08. The summed E-state index contributed by atoms with van der Waals surface area (Å²) in [5.41, 5.74) is 1.04. The number of nitrogens with zero attached hydrogens (tertiary/aromatic N) is 1. The molecule has 1 aromatic rings. The molecular formula is C7H10ClNOS. The summed E-state index contributed by atoms with van der Waals surface area (Å²) in [7, 11) is 0. The van der Waals surface area contributed by atoms with Crippen molar-refractivity contribution in [3.63, 3.8) is 0 Å². The number of hydrogen-bond acceptors (Lipinski definition) is 2. The smallest absolute Gasteiger partial charge is 0.302 e. The summed E-state index contributed by atoms with van der Waals surface area (Å²) >= 11 is 6.82. The Balaban J connectivity index is 3.12. The van der Waals surface area contributed by atoms with Crippen LogP contribution in [0.25, 0.3) is 0 Å². The van der Waals surface area contributed by atoms with Crippen LogP contribution in [0, 0.1) is 13.8 Å². The van der Waals surface area contributed by atoms with Gasteiger partial charge in [-0.05, 0) is 13.8 Å². The topological polar surface area (TPSA) is 22.0 Å². The summed E-state index contributed by atoms with van der Waals surface area (Å²) in [4.78, 5) is 12.4. The van der Waals surface area contributed by atoms with Gasteiger partial charge in [0.05, 0.1) is 0 Å². The van der Waals surface area contributed by atoms with Gasteiger partial charge in [-0.3, -0.25) is 4.79 Å². The fraction of sp³-hybridized carbons (Fsp3) is 0.571. The van der Waals surface area contributed by atoms with E-state index in [-0.39, 0.29) is 4.87 Å². The molecule has 0 radical (unpaired) electrons. The molecule has 2 nitrogen and oxygen atoms in total. The van der Waals surface area contributed by atoms with Crippen LogP contribution in [-0.4, -0.2) is 10.4 Å². The molecule has 0 fully saturated rings. The first-order valence-electron chi connectivity index (χ1n) is 3.39. The molecule has 0 aliphatic heterocycles. The van der Waals surface area contributed by atoms with Crippen molar-refractivity contribution in [2.24, 2.45) is 0 Å². The average molecular weight is 192 g/mol. The standard InChI is InChI=1S/C7H10ClNOS/c1-5-6(2)11-7(10)9(5)4-3-8/h3-4H2,1-2H3. The van der Waals surface area contributed by atoms with Crippen molar-refractivity contribution in [3.8, 4) is 0 Å². The van der Waals surface area contributed by atoms with Crippen molar-refractivity contribution >= 4 is 22.9 Å². The molecular weight excluding hydrogens is 182 g/mol. The molecule has 0 saturated heterocycles. The van der Waals surface area contributed by atoms with Crippen LogP contribution in [-0.2, 0) is 6.54 Å². The number of aromatic nitrogens is 1. The molecule has 0 aromatic carbocycles. The first-order valence-corrected chi connectivity index (χ1v) is 4.74. The van der Waals surface area contributed by atoms with Gasteiger partial charge in [0.2, 0.25) is 0 Å². The minimum Gasteiger partial charge on any atom is -0.302 e. The zero-order chi connectivity index (χ0) is 8.43. The van der Waals surface area contributed by atoms with Gasteiger partial charge in [-0.2, -0.15) is 0 Å². The number of thiazole rings is 1. The molecule has 0 aliphatic carbocycles. The maximum Gasteiger partial charge on any atom is 0.307 e. The van der Waals surface area contributed by atoms with Gasteiger partial charge in [-0.25, -0.2) is 0 Å². The van der Waals surface area contributed by atoms with Crippen molar-refractivity contribution in [1.29, 1.82) is 0 Å². The normalized spacial score (nSPS) is 10.5. The second-order valence-electron chi connectivity index (χ2n) is 2.35. The molecule has 1 heterocycles. The third-order valence-corrected chi connectivity index (χ3v) is 2.85. The van der Waals surface area contributed by atoms with E-state index >= 15 is 0 Å². The lowest BCUT2D eigenvalue weighted by Gasteiger charge is -1.99. The first kappa shape index (κ1) is 8.81. The maximum absolute atomic E-state index is 11.2. The highest BCUT2D eigenvalue weighted by atomic mass is 35.5. The average Bonchev–Trinajstić information content (AvgIpc) is 2.17. The van der Waals surface area contributed by atoms with Crippen molar-refractivity contribution in [2.75, 3.05) is 5.88 Å². The van der Waals surface area contributed by atoms with E-state index < -0.39 is 0 Å². The van der Waals surface area contributed by atoms with Gasteiger partial charge in [0.25, 0.3) is 0 Å². The SMILES string of the molecule is Cc1sc(=O)n(CCCl)c1C. The van der Waals surface area contributed by atoms with Crippen LogP contribution < -0.4 is 4.87 Å². The summed E-state index contributed by atoms with van der Waals surface area (Å²) in [6.45, 7) is 4.52. The summed E-state index contributed by atoms with van der Waals surface area (Å²) in [5, 5.41) is 0. The quantitative estimate of drug-likeness (QED) is 0.654. The van der Waals surface area contributed by atoms with Crippen LogP contribution in [0.2, 0.25) is 0 Å². The molecule has 1 rings (SSSR count). The highest BCUT2D eigenvalue weighted by Gasteiger charge is 2.05. The first-order chi connectivity index (χ1) is 5.16. The third-order valence-electron chi connectivity index (χ3n) is 1.68. The Kier molecular flexibility index (Phi) is 2.73. The zero-order valence-corrected chi connectivity index (χ0v) is 8.13. The summed E-state index contributed by atoms with van der Waals surface area (Å²) in [6, 6.07) is 0. The Morgan fingerprint density at radius 3 is 2.55 bits per heavy atom. The van der Waals surface area contributed by atoms with E-state index in [0.29, 0.717) is 12.4 Å². The monoisotopic (exact) mass is 191 g/mol. The molecule has 1 aromatic heterocycles. The Hall–Kier alpha value is -0.280. The molecule has 62 valence electrons. The zero-order valence-electron chi connectivity index (χ0n) is 6.56. The molecule has 0 N–H and O–H groups in total. The molecule has 0 saturated carbocycles. The van der Waals surface area contributed by atoms with Crippen LogP contribution in [0.4, 0.5) is 0 Å². The fourth-order valence-corrected chi connectivity index (χ4v) is 1.96. The van der Waals surface area contributed by atoms with Gasteiger partial charge in [-0.1, -0.05) is 11.3 Å². The van der Waals surface area contributed by atoms with Gasteiger partial charge >= 0.3 is 4.87 Å². The Morgan fingerprint density at radius 1 is 1.55 bits per heavy atom. The van der Waals surface area contributed by atoms with Gasteiger partial charge < -0.3 is 4.57 Å². The molecule has 0 unspecified atom stereocenters. The van der Waals surface area contributed by atoms with Crippen LogP contribution >= 0.6 is 22.9 Å². The number of hydrogen-bond donors (Lipinski definition) is 0. The molecule has 4 heteroatoms. The van der Waals surface area contributed by atoms with E-state index in [2.05, 4.69) is 0 Å². The lowest BCUT2D eigenvalue weighted by Crippen LogP contribution is -2.15. The minimum atomic E-state index is 0.0978. The summed E-state index contributed by atoms with van der Waals surface area (Å²) < 4.78 is 1.72. The van der Waals surface area contributed by atoms with Crippen LogP contribution in [0.15, 0.2) is 4.79 Å². The van der Waals surface area contributed by atoms with Crippen LogP contribution in [0.1, 0.15) is 10.6 Å². The van der Waals surface area contributed by atoms with Gasteiger partial charge in [0.1, 0.15) is 0 Å². The number of rotatable bonds is 2. The van der Waals surface area contributed by atoms with Gasteiger partial charge in [-0.15, -0.1) is 11.6 Å². The highest BCUT2D eigenvalue weighted by molar-refractivity contribution is 7.09. The largest absolute Gasteiger partial charge is 0.307 e. The Morgan fingerprint density at radius 2 is 2.18 bits per heavy atom. The molecule has 0 atom stereocenters. The molecule has 0 spiro atoms.